The van der Waals surface area contributed by atoms with Crippen LogP contribution in [0.5, 0.6) is 0 Å². The number of aromatic nitrogens is 1. The molecule has 1 aromatic heterocycles. The molecule has 0 spiro atoms. The number of halogens is 1. The normalized spacial score (nSPS) is 15.7. The zero-order valence-electron chi connectivity index (χ0n) is 11.3. The maximum atomic E-state index is 12.1. The van der Waals surface area contributed by atoms with Gasteiger partial charge in [0.25, 0.3) is 5.91 Å². The molecule has 0 aromatic carbocycles. The summed E-state index contributed by atoms with van der Waals surface area (Å²) in [5.74, 6) is -0.807. The average molecular weight is 341 g/mol. The second kappa shape index (κ2) is 6.83. The Morgan fingerprint density at radius 2 is 2.00 bits per heavy atom. The Bertz CT molecular complexity index is 513. The van der Waals surface area contributed by atoms with Crippen LogP contribution in [0.25, 0.3) is 0 Å². The lowest BCUT2D eigenvalue weighted by Crippen LogP contribution is -2.36. The monoisotopic (exact) mass is 340 g/mol. The van der Waals surface area contributed by atoms with Gasteiger partial charge in [0.1, 0.15) is 5.69 Å². The van der Waals surface area contributed by atoms with Gasteiger partial charge >= 0.3 is 5.97 Å². The second-order valence-corrected chi connectivity index (χ2v) is 5.68. The number of carbonyl (C=O) groups excluding carboxylic acids is 2. The Morgan fingerprint density at radius 3 is 2.65 bits per heavy atom. The van der Waals surface area contributed by atoms with Crippen LogP contribution in [0.15, 0.2) is 16.6 Å². The minimum Gasteiger partial charge on any atom is -0.464 e. The predicted octanol–water partition coefficient (Wildman–Crippen LogP) is 2.69. The van der Waals surface area contributed by atoms with Crippen molar-refractivity contribution in [1.82, 2.24) is 10.3 Å². The topological polar surface area (TPSA) is 68.3 Å². The van der Waals surface area contributed by atoms with Crippen molar-refractivity contribution in [3.05, 3.63) is 28.0 Å². The Morgan fingerprint density at radius 1 is 1.30 bits per heavy atom. The highest BCUT2D eigenvalue weighted by atomic mass is 79.9. The fraction of sp³-hybridized carbons (Fsp3) is 0.500. The van der Waals surface area contributed by atoms with Gasteiger partial charge in [-0.2, -0.15) is 0 Å². The summed E-state index contributed by atoms with van der Waals surface area (Å²) in [6.07, 6.45) is 5.53. The van der Waals surface area contributed by atoms with Gasteiger partial charge in [0.05, 0.1) is 11.6 Å². The smallest absolute Gasteiger partial charge is 0.357 e. The summed E-state index contributed by atoms with van der Waals surface area (Å²) >= 11 is 3.22. The summed E-state index contributed by atoms with van der Waals surface area (Å²) in [5, 5.41) is 2.97. The van der Waals surface area contributed by atoms with Gasteiger partial charge < -0.3 is 10.1 Å². The molecule has 0 radical (unpaired) electrons. The molecule has 20 heavy (non-hydrogen) atoms. The van der Waals surface area contributed by atoms with E-state index in [0.29, 0.717) is 4.47 Å². The fourth-order valence-electron chi connectivity index (χ4n) is 2.31. The van der Waals surface area contributed by atoms with E-state index >= 15 is 0 Å². The summed E-state index contributed by atoms with van der Waals surface area (Å²) in [6.45, 7) is 0. The highest BCUT2D eigenvalue weighted by molar-refractivity contribution is 9.10. The van der Waals surface area contributed by atoms with Crippen molar-refractivity contribution >= 4 is 27.8 Å². The van der Waals surface area contributed by atoms with E-state index in [-0.39, 0.29) is 23.3 Å². The van der Waals surface area contributed by atoms with E-state index in [1.54, 1.807) is 12.1 Å². The van der Waals surface area contributed by atoms with Crippen LogP contribution in [-0.2, 0) is 4.74 Å². The summed E-state index contributed by atoms with van der Waals surface area (Å²) in [5.41, 5.74) is 0.350. The summed E-state index contributed by atoms with van der Waals surface area (Å²) in [6, 6.07) is 3.44. The second-order valence-electron chi connectivity index (χ2n) is 4.83. The number of methoxy groups -OCH3 is 1. The molecule has 0 aliphatic heterocycles. The number of nitrogens with one attached hydrogen (secondary N) is 1. The number of carbonyl (C=O) groups is 2. The lowest BCUT2D eigenvalue weighted by atomic mass is 9.95. The third-order valence-electron chi connectivity index (χ3n) is 3.40. The molecular formula is C14H17BrN2O3. The van der Waals surface area contributed by atoms with E-state index in [0.717, 1.165) is 25.7 Å². The lowest BCUT2D eigenvalue weighted by molar-refractivity contribution is 0.0592. The molecule has 0 saturated heterocycles. The number of rotatable bonds is 3. The maximum absolute atomic E-state index is 12.1. The first-order valence-corrected chi connectivity index (χ1v) is 7.47. The van der Waals surface area contributed by atoms with Gasteiger partial charge in [-0.05, 0) is 40.9 Å². The van der Waals surface area contributed by atoms with E-state index in [4.69, 9.17) is 0 Å². The highest BCUT2D eigenvalue weighted by Crippen LogP contribution is 2.19. The number of pyridine rings is 1. The zero-order valence-corrected chi connectivity index (χ0v) is 12.9. The molecule has 1 fully saturated rings. The molecule has 1 aliphatic rings. The maximum Gasteiger partial charge on any atom is 0.357 e. The highest BCUT2D eigenvalue weighted by Gasteiger charge is 2.20. The van der Waals surface area contributed by atoms with E-state index in [1.165, 1.54) is 13.5 Å². The number of ether oxygens (including phenoxy) is 1. The number of amides is 1. The molecule has 5 nitrogen and oxygen atoms in total. The molecule has 2 rings (SSSR count). The first kappa shape index (κ1) is 15.0. The molecule has 1 saturated carbocycles. The van der Waals surface area contributed by atoms with Gasteiger partial charge in [0.2, 0.25) is 0 Å². The van der Waals surface area contributed by atoms with Crippen LogP contribution < -0.4 is 5.32 Å². The number of hydrogen-bond acceptors (Lipinski definition) is 4. The lowest BCUT2D eigenvalue weighted by Gasteiger charge is -2.22. The van der Waals surface area contributed by atoms with Gasteiger partial charge in [-0.3, -0.25) is 4.79 Å². The molecule has 0 atom stereocenters. The summed E-state index contributed by atoms with van der Waals surface area (Å²) in [4.78, 5) is 27.8. The molecule has 1 aromatic rings. The molecule has 0 unspecified atom stereocenters. The van der Waals surface area contributed by atoms with Gasteiger partial charge in [0, 0.05) is 6.04 Å². The summed E-state index contributed by atoms with van der Waals surface area (Å²) < 4.78 is 5.15. The number of hydrogen-bond donors (Lipinski definition) is 1. The predicted molar refractivity (Wildman–Crippen MR) is 77.6 cm³/mol. The Kier molecular flexibility index (Phi) is 5.11. The van der Waals surface area contributed by atoms with Crippen LogP contribution in [-0.4, -0.2) is 30.0 Å². The number of esters is 1. The Hall–Kier alpha value is -1.43. The largest absolute Gasteiger partial charge is 0.464 e. The van der Waals surface area contributed by atoms with Crippen LogP contribution in [0.1, 0.15) is 53.1 Å². The fourth-order valence-corrected chi connectivity index (χ4v) is 2.70. The Balaban J connectivity index is 2.11. The molecule has 108 valence electrons. The minimum atomic E-state index is -0.566. The standard InChI is InChI=1S/C14H17BrN2O3/c1-20-14(19)12-10(15)7-8-11(17-12)13(18)16-9-5-3-2-4-6-9/h7-9H,2-6H2,1H3,(H,16,18). The molecule has 1 N–H and O–H groups in total. The first-order valence-electron chi connectivity index (χ1n) is 6.67. The van der Waals surface area contributed by atoms with Crippen molar-refractivity contribution in [1.29, 1.82) is 0 Å². The van der Waals surface area contributed by atoms with E-state index in [2.05, 4.69) is 31.0 Å². The van der Waals surface area contributed by atoms with Crippen molar-refractivity contribution in [3.63, 3.8) is 0 Å². The summed E-state index contributed by atoms with van der Waals surface area (Å²) in [7, 11) is 1.28. The third-order valence-corrected chi connectivity index (χ3v) is 4.04. The van der Waals surface area contributed by atoms with Gasteiger partial charge in [-0.15, -0.1) is 0 Å². The molecule has 1 aliphatic carbocycles. The van der Waals surface area contributed by atoms with Crippen molar-refractivity contribution in [3.8, 4) is 0 Å². The van der Waals surface area contributed by atoms with Crippen LogP contribution in [0.2, 0.25) is 0 Å². The molecular weight excluding hydrogens is 324 g/mol. The van der Waals surface area contributed by atoms with E-state index < -0.39 is 5.97 Å². The average Bonchev–Trinajstić information content (AvgIpc) is 2.48. The van der Waals surface area contributed by atoms with Crippen molar-refractivity contribution in [2.24, 2.45) is 0 Å². The van der Waals surface area contributed by atoms with E-state index in [9.17, 15) is 9.59 Å². The Labute approximate surface area is 126 Å². The zero-order chi connectivity index (χ0) is 14.5. The number of nitrogens with zero attached hydrogens (tertiary/aromatic N) is 1. The SMILES string of the molecule is COC(=O)c1nc(C(=O)NC2CCCCC2)ccc1Br. The molecule has 0 bridgehead atoms. The van der Waals surface area contributed by atoms with Gasteiger partial charge in [-0.25, -0.2) is 9.78 Å². The quantitative estimate of drug-likeness (QED) is 0.859. The van der Waals surface area contributed by atoms with Crippen LogP contribution in [0.3, 0.4) is 0 Å². The molecule has 6 heteroatoms. The van der Waals surface area contributed by atoms with E-state index in [1.807, 2.05) is 0 Å². The van der Waals surface area contributed by atoms with Gasteiger partial charge in [0.15, 0.2) is 5.69 Å². The van der Waals surface area contributed by atoms with Crippen LogP contribution >= 0.6 is 15.9 Å². The van der Waals surface area contributed by atoms with Gasteiger partial charge in [-0.1, -0.05) is 19.3 Å². The van der Waals surface area contributed by atoms with Crippen LogP contribution in [0.4, 0.5) is 0 Å². The van der Waals surface area contributed by atoms with Crippen molar-refractivity contribution < 1.29 is 14.3 Å². The van der Waals surface area contributed by atoms with Crippen molar-refractivity contribution in [2.75, 3.05) is 7.11 Å². The third kappa shape index (κ3) is 3.56. The molecule has 1 amide bonds. The molecule has 1 heterocycles. The first-order chi connectivity index (χ1) is 9.61. The van der Waals surface area contributed by atoms with Crippen LogP contribution in [0, 0.1) is 0 Å². The minimum absolute atomic E-state index is 0.115. The van der Waals surface area contributed by atoms with Crippen molar-refractivity contribution in [2.45, 2.75) is 38.1 Å².